The lowest BCUT2D eigenvalue weighted by molar-refractivity contribution is 0.669. The van der Waals surface area contributed by atoms with Gasteiger partial charge in [-0.2, -0.15) is 0 Å². The van der Waals surface area contributed by atoms with Gasteiger partial charge >= 0.3 is 0 Å². The van der Waals surface area contributed by atoms with Crippen molar-refractivity contribution in [2.24, 2.45) is 0 Å². The van der Waals surface area contributed by atoms with Gasteiger partial charge in [0.05, 0.1) is 5.41 Å². The van der Waals surface area contributed by atoms with Gasteiger partial charge in [-0.3, -0.25) is 0 Å². The van der Waals surface area contributed by atoms with Crippen molar-refractivity contribution in [1.82, 2.24) is 0 Å². The van der Waals surface area contributed by atoms with Gasteiger partial charge in [-0.25, -0.2) is 0 Å². The molecule has 266 valence electrons. The Morgan fingerprint density at radius 2 is 0.772 bits per heavy atom. The lowest BCUT2D eigenvalue weighted by Crippen LogP contribution is -2.26. The summed E-state index contributed by atoms with van der Waals surface area (Å²) in [6.45, 7) is 0. The Balaban J connectivity index is 1.16. The molecule has 2 heteroatoms. The monoisotopic (exact) mass is 725 g/mol. The fourth-order valence-electron chi connectivity index (χ4n) is 9.86. The van der Waals surface area contributed by atoms with Gasteiger partial charge in [0.15, 0.2) is 0 Å². The second-order valence-corrected chi connectivity index (χ2v) is 15.2. The van der Waals surface area contributed by atoms with E-state index >= 15 is 0 Å². The molecular formula is C55H35NO. The third kappa shape index (κ3) is 4.65. The van der Waals surface area contributed by atoms with Crippen molar-refractivity contribution in [2.75, 3.05) is 4.90 Å². The van der Waals surface area contributed by atoms with Crippen LogP contribution in [0.15, 0.2) is 217 Å². The Hall–Kier alpha value is -7.42. The standard InChI is InChI=1S/C55H35NO/c1-3-15-36(16-4-1)38-31-39(37-17-5-2-6-18-37)33-42(32-38)56(40-28-30-54-48(34-40)47-22-10-14-26-53(47)57-54)41-27-29-46-45-21-9-13-25-51(45)55(52(46)35-41)49-23-11-7-19-43(49)44-20-8-12-24-50(44)55/h1-35H. The molecule has 9 aromatic carbocycles. The van der Waals surface area contributed by atoms with Crippen LogP contribution in [0.1, 0.15) is 22.3 Å². The number of nitrogens with zero attached hydrogens (tertiary/aromatic N) is 1. The summed E-state index contributed by atoms with van der Waals surface area (Å²) in [5.41, 5.74) is 19.7. The number of anilines is 3. The molecule has 0 N–H and O–H groups in total. The predicted octanol–water partition coefficient (Wildman–Crippen LogP) is 14.7. The highest BCUT2D eigenvalue weighted by Crippen LogP contribution is 2.63. The first-order chi connectivity index (χ1) is 28.3. The topological polar surface area (TPSA) is 16.4 Å². The summed E-state index contributed by atoms with van der Waals surface area (Å²) in [5, 5.41) is 2.21. The van der Waals surface area contributed by atoms with Crippen LogP contribution < -0.4 is 4.90 Å². The van der Waals surface area contributed by atoms with Crippen LogP contribution in [0.4, 0.5) is 17.1 Å². The molecule has 0 amide bonds. The molecule has 0 saturated heterocycles. The lowest BCUT2D eigenvalue weighted by Gasteiger charge is -2.32. The quantitative estimate of drug-likeness (QED) is 0.176. The van der Waals surface area contributed by atoms with Gasteiger partial charge in [0.1, 0.15) is 11.2 Å². The number of rotatable bonds is 5. The number of furan rings is 1. The van der Waals surface area contributed by atoms with Crippen molar-refractivity contribution in [3.05, 3.63) is 235 Å². The molecule has 1 heterocycles. The second kappa shape index (κ2) is 12.3. The molecule has 0 saturated carbocycles. The summed E-state index contributed by atoms with van der Waals surface area (Å²) in [6.07, 6.45) is 0. The molecule has 2 nitrogen and oxygen atoms in total. The number of hydrogen-bond donors (Lipinski definition) is 0. The molecular weight excluding hydrogens is 691 g/mol. The van der Waals surface area contributed by atoms with Crippen molar-refractivity contribution >= 4 is 39.0 Å². The molecule has 12 rings (SSSR count). The van der Waals surface area contributed by atoms with E-state index in [1.807, 2.05) is 6.07 Å². The summed E-state index contributed by atoms with van der Waals surface area (Å²) in [4.78, 5) is 2.45. The van der Waals surface area contributed by atoms with Gasteiger partial charge in [0.25, 0.3) is 0 Å². The van der Waals surface area contributed by atoms with Gasteiger partial charge in [-0.1, -0.05) is 158 Å². The zero-order valence-corrected chi connectivity index (χ0v) is 31.1. The molecule has 0 bridgehead atoms. The Labute approximate surface area is 331 Å². The van der Waals surface area contributed by atoms with Crippen LogP contribution in [0.2, 0.25) is 0 Å². The van der Waals surface area contributed by atoms with Crippen molar-refractivity contribution in [3.8, 4) is 44.5 Å². The Kier molecular flexibility index (Phi) is 6.88. The first-order valence-corrected chi connectivity index (χ1v) is 19.7. The Morgan fingerprint density at radius 1 is 0.298 bits per heavy atom. The average molecular weight is 726 g/mol. The van der Waals surface area contributed by atoms with E-state index in [0.29, 0.717) is 0 Å². The van der Waals surface area contributed by atoms with Crippen molar-refractivity contribution in [1.29, 1.82) is 0 Å². The van der Waals surface area contributed by atoms with Crippen LogP contribution in [-0.2, 0) is 5.41 Å². The molecule has 57 heavy (non-hydrogen) atoms. The third-order valence-electron chi connectivity index (χ3n) is 12.2. The summed E-state index contributed by atoms with van der Waals surface area (Å²) in [7, 11) is 0. The van der Waals surface area contributed by atoms with Gasteiger partial charge in [-0.05, 0) is 121 Å². The molecule has 1 aromatic heterocycles. The van der Waals surface area contributed by atoms with E-state index in [4.69, 9.17) is 4.42 Å². The molecule has 10 aromatic rings. The van der Waals surface area contributed by atoms with Crippen molar-refractivity contribution < 1.29 is 4.42 Å². The van der Waals surface area contributed by atoms with E-state index in [0.717, 1.165) is 50.1 Å². The number of benzene rings is 9. The van der Waals surface area contributed by atoms with E-state index in [1.165, 1.54) is 55.6 Å². The highest BCUT2D eigenvalue weighted by atomic mass is 16.3. The fraction of sp³-hybridized carbons (Fsp3) is 0.0182. The van der Waals surface area contributed by atoms with Crippen LogP contribution in [0.3, 0.4) is 0 Å². The Bertz CT molecular complexity index is 3070. The summed E-state index contributed by atoms with van der Waals surface area (Å²) >= 11 is 0. The molecule has 0 atom stereocenters. The zero-order valence-electron chi connectivity index (χ0n) is 31.1. The van der Waals surface area contributed by atoms with E-state index in [-0.39, 0.29) is 0 Å². The second-order valence-electron chi connectivity index (χ2n) is 15.2. The third-order valence-corrected chi connectivity index (χ3v) is 12.2. The molecule has 2 aliphatic rings. The summed E-state index contributed by atoms with van der Waals surface area (Å²) in [5.74, 6) is 0. The van der Waals surface area contributed by atoms with E-state index in [2.05, 4.69) is 211 Å². The maximum atomic E-state index is 6.36. The normalized spacial score (nSPS) is 13.1. The minimum Gasteiger partial charge on any atom is -0.456 e. The fourth-order valence-corrected chi connectivity index (χ4v) is 9.86. The molecule has 0 aliphatic heterocycles. The van der Waals surface area contributed by atoms with E-state index in [9.17, 15) is 0 Å². The minimum atomic E-state index is -0.452. The summed E-state index contributed by atoms with van der Waals surface area (Å²) in [6, 6.07) is 77.7. The van der Waals surface area contributed by atoms with Gasteiger partial charge in [-0.15, -0.1) is 0 Å². The molecule has 1 spiro atoms. The summed E-state index contributed by atoms with van der Waals surface area (Å²) < 4.78 is 6.36. The first-order valence-electron chi connectivity index (χ1n) is 19.7. The average Bonchev–Trinajstić information content (AvgIpc) is 3.91. The van der Waals surface area contributed by atoms with Crippen LogP contribution in [0, 0.1) is 0 Å². The predicted molar refractivity (Wildman–Crippen MR) is 236 cm³/mol. The highest BCUT2D eigenvalue weighted by Gasteiger charge is 2.51. The van der Waals surface area contributed by atoms with Gasteiger partial charge < -0.3 is 9.32 Å². The molecule has 2 aliphatic carbocycles. The van der Waals surface area contributed by atoms with Gasteiger partial charge in [0, 0.05) is 27.8 Å². The number of fused-ring (bicyclic) bond motifs is 13. The molecule has 0 radical (unpaired) electrons. The maximum absolute atomic E-state index is 6.36. The van der Waals surface area contributed by atoms with Gasteiger partial charge in [0.2, 0.25) is 0 Å². The number of hydrogen-bond acceptors (Lipinski definition) is 2. The van der Waals surface area contributed by atoms with Crippen LogP contribution in [-0.4, -0.2) is 0 Å². The maximum Gasteiger partial charge on any atom is 0.135 e. The Morgan fingerprint density at radius 3 is 1.39 bits per heavy atom. The first kappa shape index (κ1) is 31.9. The van der Waals surface area contributed by atoms with Crippen molar-refractivity contribution in [2.45, 2.75) is 5.41 Å². The smallest absolute Gasteiger partial charge is 0.135 e. The minimum absolute atomic E-state index is 0.452. The highest BCUT2D eigenvalue weighted by molar-refractivity contribution is 6.07. The molecule has 0 unspecified atom stereocenters. The molecule has 0 fully saturated rings. The van der Waals surface area contributed by atoms with E-state index in [1.54, 1.807) is 0 Å². The largest absolute Gasteiger partial charge is 0.456 e. The van der Waals surface area contributed by atoms with Crippen LogP contribution in [0.5, 0.6) is 0 Å². The zero-order chi connectivity index (χ0) is 37.5. The number of para-hydroxylation sites is 1. The van der Waals surface area contributed by atoms with E-state index < -0.39 is 5.41 Å². The van der Waals surface area contributed by atoms with Crippen LogP contribution in [0.25, 0.3) is 66.4 Å². The SMILES string of the molecule is c1ccc(-c2cc(-c3ccccc3)cc(N(c3ccc4c(c3)C3(c5ccccc5-c5ccccc53)c3ccccc3-4)c3ccc4oc5ccccc5c4c3)c2)cc1. The lowest BCUT2D eigenvalue weighted by atomic mass is 9.70. The van der Waals surface area contributed by atoms with Crippen LogP contribution >= 0.6 is 0 Å². The van der Waals surface area contributed by atoms with Crippen molar-refractivity contribution in [3.63, 3.8) is 0 Å².